The van der Waals surface area contributed by atoms with Crippen molar-refractivity contribution in [3.8, 4) is 5.75 Å². The van der Waals surface area contributed by atoms with Crippen LogP contribution < -0.4 is 4.74 Å². The zero-order valence-electron chi connectivity index (χ0n) is 8.12. The highest BCUT2D eigenvalue weighted by atomic mass is 35.5. The third kappa shape index (κ3) is 1.83. The Bertz CT molecular complexity index is 502. The van der Waals surface area contributed by atoms with E-state index in [1.807, 2.05) is 0 Å². The number of fused-ring (bicyclic) bond motifs is 1. The highest BCUT2D eigenvalue weighted by molar-refractivity contribution is 6.32. The van der Waals surface area contributed by atoms with Crippen molar-refractivity contribution in [2.24, 2.45) is 0 Å². The Labute approximate surface area is 91.6 Å². The minimum Gasteiger partial charge on any atom is -0.495 e. The van der Waals surface area contributed by atoms with Crippen LogP contribution in [0.1, 0.15) is 5.76 Å². The molecule has 78 valence electrons. The zero-order chi connectivity index (χ0) is 10.8. The largest absolute Gasteiger partial charge is 0.495 e. The van der Waals surface area contributed by atoms with Gasteiger partial charge in [-0.05, 0) is 12.1 Å². The molecule has 3 nitrogen and oxygen atoms in total. The molecule has 0 aliphatic heterocycles. The Morgan fingerprint density at radius 3 is 2.93 bits per heavy atom. The van der Waals surface area contributed by atoms with E-state index in [-0.39, 0.29) is 6.42 Å². The Morgan fingerprint density at radius 2 is 2.27 bits per heavy atom. The lowest BCUT2D eigenvalue weighted by Gasteiger charge is -2.00. The van der Waals surface area contributed by atoms with E-state index in [1.165, 1.54) is 0 Å². The SMILES string of the molecule is COc1cc2oc(CC=O)cc2cc1Cl. The van der Waals surface area contributed by atoms with E-state index >= 15 is 0 Å². The number of carbonyl (C=O) groups excluding carboxylic acids is 1. The van der Waals surface area contributed by atoms with Gasteiger partial charge in [-0.3, -0.25) is 0 Å². The fraction of sp³-hybridized carbons (Fsp3) is 0.182. The van der Waals surface area contributed by atoms with Gasteiger partial charge < -0.3 is 13.9 Å². The van der Waals surface area contributed by atoms with Crippen molar-refractivity contribution in [3.05, 3.63) is 29.0 Å². The summed E-state index contributed by atoms with van der Waals surface area (Å²) >= 11 is 5.95. The van der Waals surface area contributed by atoms with Crippen LogP contribution in [0.2, 0.25) is 5.02 Å². The predicted molar refractivity (Wildman–Crippen MR) is 57.5 cm³/mol. The molecular weight excluding hydrogens is 216 g/mol. The van der Waals surface area contributed by atoms with E-state index in [1.54, 1.807) is 25.3 Å². The van der Waals surface area contributed by atoms with E-state index < -0.39 is 0 Å². The van der Waals surface area contributed by atoms with Gasteiger partial charge in [0.25, 0.3) is 0 Å². The van der Waals surface area contributed by atoms with E-state index in [0.717, 1.165) is 11.7 Å². The summed E-state index contributed by atoms with van der Waals surface area (Å²) in [7, 11) is 1.54. The predicted octanol–water partition coefficient (Wildman–Crippen LogP) is 2.84. The summed E-state index contributed by atoms with van der Waals surface area (Å²) in [5, 5.41) is 1.40. The van der Waals surface area contributed by atoms with Crippen molar-refractivity contribution in [1.82, 2.24) is 0 Å². The number of furan rings is 1. The molecule has 0 radical (unpaired) electrons. The first-order valence-corrected chi connectivity index (χ1v) is 4.82. The summed E-state index contributed by atoms with van der Waals surface area (Å²) in [4.78, 5) is 10.3. The number of methoxy groups -OCH3 is 1. The van der Waals surface area contributed by atoms with Crippen LogP contribution in [0, 0.1) is 0 Å². The van der Waals surface area contributed by atoms with Gasteiger partial charge in [-0.2, -0.15) is 0 Å². The molecule has 15 heavy (non-hydrogen) atoms. The second kappa shape index (κ2) is 3.95. The lowest BCUT2D eigenvalue weighted by molar-refractivity contribution is -0.107. The number of carbonyl (C=O) groups is 1. The van der Waals surface area contributed by atoms with E-state index in [9.17, 15) is 4.79 Å². The number of aldehydes is 1. The van der Waals surface area contributed by atoms with Crippen LogP contribution in [0.3, 0.4) is 0 Å². The smallest absolute Gasteiger partial charge is 0.141 e. The van der Waals surface area contributed by atoms with E-state index in [2.05, 4.69) is 0 Å². The van der Waals surface area contributed by atoms with Crippen LogP contribution in [0.15, 0.2) is 22.6 Å². The normalized spacial score (nSPS) is 10.5. The monoisotopic (exact) mass is 224 g/mol. The number of halogens is 1. The van der Waals surface area contributed by atoms with Gasteiger partial charge in [0.1, 0.15) is 23.4 Å². The maximum absolute atomic E-state index is 10.3. The molecule has 1 aromatic carbocycles. The molecule has 1 heterocycles. The molecule has 1 aromatic heterocycles. The Hall–Kier alpha value is -1.48. The van der Waals surface area contributed by atoms with Crippen molar-refractivity contribution >= 4 is 28.9 Å². The molecule has 0 atom stereocenters. The Kier molecular flexibility index (Phi) is 2.64. The summed E-state index contributed by atoms with van der Waals surface area (Å²) in [6, 6.07) is 5.27. The van der Waals surface area contributed by atoms with Crippen LogP contribution in [0.5, 0.6) is 5.75 Å². The Balaban J connectivity index is 2.55. The first kappa shape index (κ1) is 10.1. The third-order valence-corrected chi connectivity index (χ3v) is 2.42. The molecule has 0 unspecified atom stereocenters. The van der Waals surface area contributed by atoms with Crippen molar-refractivity contribution < 1.29 is 13.9 Å². The molecular formula is C11H9ClO3. The van der Waals surface area contributed by atoms with Crippen LogP contribution in [0.25, 0.3) is 11.0 Å². The summed E-state index contributed by atoms with van der Waals surface area (Å²) < 4.78 is 10.5. The lowest BCUT2D eigenvalue weighted by Crippen LogP contribution is -1.82. The third-order valence-electron chi connectivity index (χ3n) is 2.13. The summed E-state index contributed by atoms with van der Waals surface area (Å²) in [5.41, 5.74) is 0.674. The number of hydrogen-bond donors (Lipinski definition) is 0. The summed E-state index contributed by atoms with van der Waals surface area (Å²) in [6.07, 6.45) is 1.07. The molecule has 0 saturated heterocycles. The maximum atomic E-state index is 10.3. The topological polar surface area (TPSA) is 39.4 Å². The van der Waals surface area contributed by atoms with Crippen molar-refractivity contribution in [2.45, 2.75) is 6.42 Å². The van der Waals surface area contributed by atoms with Gasteiger partial charge in [0, 0.05) is 11.5 Å². The van der Waals surface area contributed by atoms with Crippen molar-refractivity contribution in [1.29, 1.82) is 0 Å². The highest BCUT2D eigenvalue weighted by Gasteiger charge is 2.08. The van der Waals surface area contributed by atoms with Gasteiger partial charge in [0.15, 0.2) is 0 Å². The van der Waals surface area contributed by atoms with Gasteiger partial charge in [0.05, 0.1) is 18.6 Å². The lowest BCUT2D eigenvalue weighted by atomic mass is 10.2. The molecule has 4 heteroatoms. The molecule has 2 rings (SSSR count). The second-order valence-corrected chi connectivity index (χ2v) is 3.52. The number of ether oxygens (including phenoxy) is 1. The minimum atomic E-state index is 0.272. The van der Waals surface area contributed by atoms with E-state index in [4.69, 9.17) is 20.8 Å². The van der Waals surface area contributed by atoms with Crippen molar-refractivity contribution in [3.63, 3.8) is 0 Å². The van der Waals surface area contributed by atoms with E-state index in [0.29, 0.717) is 22.1 Å². The van der Waals surface area contributed by atoms with Gasteiger partial charge in [-0.1, -0.05) is 11.6 Å². The first-order valence-electron chi connectivity index (χ1n) is 4.44. The first-order chi connectivity index (χ1) is 7.24. The summed E-state index contributed by atoms with van der Waals surface area (Å²) in [5.74, 6) is 1.19. The molecule has 0 spiro atoms. The fourth-order valence-electron chi connectivity index (χ4n) is 1.43. The molecule has 0 amide bonds. The average Bonchev–Trinajstić information content (AvgIpc) is 2.58. The molecule has 2 aromatic rings. The fourth-order valence-corrected chi connectivity index (χ4v) is 1.68. The highest BCUT2D eigenvalue weighted by Crippen LogP contribution is 2.31. The molecule has 0 aliphatic carbocycles. The number of benzene rings is 1. The maximum Gasteiger partial charge on any atom is 0.141 e. The standard InChI is InChI=1S/C11H9ClO3/c1-14-11-6-10-7(5-9(11)12)4-8(15-10)2-3-13/h3-6H,2H2,1H3. The van der Waals surface area contributed by atoms with Gasteiger partial charge in [0.2, 0.25) is 0 Å². The molecule has 0 N–H and O–H groups in total. The van der Waals surface area contributed by atoms with Crippen LogP contribution in [0.4, 0.5) is 0 Å². The molecule has 0 bridgehead atoms. The minimum absolute atomic E-state index is 0.272. The molecule has 0 saturated carbocycles. The van der Waals surface area contributed by atoms with Crippen LogP contribution >= 0.6 is 11.6 Å². The van der Waals surface area contributed by atoms with Gasteiger partial charge in [-0.15, -0.1) is 0 Å². The zero-order valence-corrected chi connectivity index (χ0v) is 8.88. The molecule has 0 fully saturated rings. The second-order valence-electron chi connectivity index (χ2n) is 3.11. The molecule has 0 aliphatic rings. The summed E-state index contributed by atoms with van der Waals surface area (Å²) in [6.45, 7) is 0. The van der Waals surface area contributed by atoms with Crippen LogP contribution in [-0.2, 0) is 11.2 Å². The number of hydrogen-bond acceptors (Lipinski definition) is 3. The van der Waals surface area contributed by atoms with Crippen LogP contribution in [-0.4, -0.2) is 13.4 Å². The van der Waals surface area contributed by atoms with Crippen molar-refractivity contribution in [2.75, 3.05) is 7.11 Å². The van der Waals surface area contributed by atoms with Gasteiger partial charge >= 0.3 is 0 Å². The van der Waals surface area contributed by atoms with Gasteiger partial charge in [-0.25, -0.2) is 0 Å². The average molecular weight is 225 g/mol. The Morgan fingerprint density at radius 1 is 1.47 bits per heavy atom. The quantitative estimate of drug-likeness (QED) is 0.753. The number of rotatable bonds is 3.